The highest BCUT2D eigenvalue weighted by molar-refractivity contribution is 5.54. The maximum Gasteiger partial charge on any atom is 0.0476 e. The molecule has 78 valence electrons. The molecule has 3 heteroatoms. The van der Waals surface area contributed by atoms with Crippen LogP contribution in [0.4, 0.5) is 11.4 Å². The third-order valence-electron chi connectivity index (χ3n) is 2.42. The number of benzene rings is 1. The van der Waals surface area contributed by atoms with Crippen LogP contribution in [0, 0.1) is 5.92 Å². The normalized spacial score (nSPS) is 14.8. The predicted molar refractivity (Wildman–Crippen MR) is 60.2 cm³/mol. The fraction of sp³-hybridized carbons (Fsp3) is 0.455. The molecule has 1 aromatic rings. The third-order valence-corrected chi connectivity index (χ3v) is 2.42. The van der Waals surface area contributed by atoms with E-state index in [1.807, 2.05) is 38.1 Å². The zero-order valence-electron chi connectivity index (χ0n) is 8.70. The molecule has 0 saturated heterocycles. The van der Waals surface area contributed by atoms with Crippen LogP contribution in [0.5, 0.6) is 0 Å². The number of nitrogen functional groups attached to an aromatic ring is 1. The van der Waals surface area contributed by atoms with Crippen molar-refractivity contribution in [1.82, 2.24) is 0 Å². The zero-order valence-corrected chi connectivity index (χ0v) is 8.70. The maximum atomic E-state index is 8.97. The molecule has 0 fully saturated rings. The van der Waals surface area contributed by atoms with Gasteiger partial charge in [0.05, 0.1) is 0 Å². The van der Waals surface area contributed by atoms with Crippen LogP contribution in [0.2, 0.25) is 0 Å². The molecule has 3 nitrogen and oxygen atoms in total. The van der Waals surface area contributed by atoms with Crippen LogP contribution < -0.4 is 11.1 Å². The lowest BCUT2D eigenvalue weighted by Crippen LogP contribution is -2.26. The first-order valence-electron chi connectivity index (χ1n) is 4.86. The topological polar surface area (TPSA) is 58.3 Å². The minimum absolute atomic E-state index is 0.191. The molecule has 0 aliphatic heterocycles. The molecule has 2 atom stereocenters. The lowest BCUT2D eigenvalue weighted by atomic mass is 10.0. The lowest BCUT2D eigenvalue weighted by molar-refractivity contribution is 0.226. The van der Waals surface area contributed by atoms with Gasteiger partial charge in [0.2, 0.25) is 0 Å². The summed E-state index contributed by atoms with van der Waals surface area (Å²) in [6, 6.07) is 7.86. The summed E-state index contributed by atoms with van der Waals surface area (Å²) in [5.74, 6) is 0.233. The van der Waals surface area contributed by atoms with E-state index in [0.717, 1.165) is 11.4 Å². The molecule has 0 bridgehead atoms. The standard InChI is InChI=1S/C11H18N2O/c1-8(7-14)9(2)13-11-5-3-4-10(12)6-11/h3-6,8-9,13-14H,7,12H2,1-2H3. The molecule has 0 aliphatic carbocycles. The highest BCUT2D eigenvalue weighted by Crippen LogP contribution is 2.15. The third kappa shape index (κ3) is 2.92. The van der Waals surface area contributed by atoms with Crippen LogP contribution >= 0.6 is 0 Å². The molecule has 0 aliphatic rings. The van der Waals surface area contributed by atoms with Gasteiger partial charge < -0.3 is 16.2 Å². The van der Waals surface area contributed by atoms with Crippen molar-refractivity contribution in [1.29, 1.82) is 0 Å². The Morgan fingerprint density at radius 3 is 2.71 bits per heavy atom. The molecule has 2 unspecified atom stereocenters. The van der Waals surface area contributed by atoms with E-state index in [0.29, 0.717) is 0 Å². The van der Waals surface area contributed by atoms with E-state index in [2.05, 4.69) is 5.32 Å². The van der Waals surface area contributed by atoms with Gasteiger partial charge in [-0.15, -0.1) is 0 Å². The summed E-state index contributed by atoms with van der Waals surface area (Å²) in [5, 5.41) is 12.3. The van der Waals surface area contributed by atoms with Crippen molar-refractivity contribution in [2.45, 2.75) is 19.9 Å². The van der Waals surface area contributed by atoms with Crippen LogP contribution in [0.3, 0.4) is 0 Å². The van der Waals surface area contributed by atoms with Gasteiger partial charge in [0, 0.05) is 24.0 Å². The Labute approximate surface area is 84.9 Å². The number of hydrogen-bond donors (Lipinski definition) is 3. The van der Waals surface area contributed by atoms with Crippen LogP contribution in [-0.4, -0.2) is 17.8 Å². The van der Waals surface area contributed by atoms with Gasteiger partial charge in [0.1, 0.15) is 0 Å². The Balaban J connectivity index is 2.60. The van der Waals surface area contributed by atoms with Gasteiger partial charge in [-0.25, -0.2) is 0 Å². The van der Waals surface area contributed by atoms with Gasteiger partial charge in [0.25, 0.3) is 0 Å². The average molecular weight is 194 g/mol. The van der Waals surface area contributed by atoms with Crippen molar-refractivity contribution in [3.05, 3.63) is 24.3 Å². The lowest BCUT2D eigenvalue weighted by Gasteiger charge is -2.20. The second kappa shape index (κ2) is 4.86. The Morgan fingerprint density at radius 1 is 1.43 bits per heavy atom. The summed E-state index contributed by atoms with van der Waals surface area (Å²) < 4.78 is 0. The van der Waals surface area contributed by atoms with E-state index in [1.165, 1.54) is 0 Å². The monoisotopic (exact) mass is 194 g/mol. The second-order valence-corrected chi connectivity index (χ2v) is 3.72. The molecule has 1 aromatic carbocycles. The summed E-state index contributed by atoms with van der Waals surface area (Å²) in [7, 11) is 0. The van der Waals surface area contributed by atoms with E-state index < -0.39 is 0 Å². The first-order chi connectivity index (χ1) is 6.63. The van der Waals surface area contributed by atoms with E-state index in [9.17, 15) is 0 Å². The average Bonchev–Trinajstić information content (AvgIpc) is 2.16. The predicted octanol–water partition coefficient (Wildman–Crippen LogP) is 1.70. The molecule has 0 aromatic heterocycles. The Kier molecular flexibility index (Phi) is 3.77. The minimum Gasteiger partial charge on any atom is -0.399 e. The van der Waals surface area contributed by atoms with E-state index in [-0.39, 0.29) is 18.6 Å². The number of aliphatic hydroxyl groups excluding tert-OH is 1. The zero-order chi connectivity index (χ0) is 10.6. The number of rotatable bonds is 4. The summed E-state index contributed by atoms with van der Waals surface area (Å²) in [6.45, 7) is 4.24. The van der Waals surface area contributed by atoms with Gasteiger partial charge in [-0.05, 0) is 31.0 Å². The molecule has 0 radical (unpaired) electrons. The number of hydrogen-bond acceptors (Lipinski definition) is 3. The van der Waals surface area contributed by atoms with Gasteiger partial charge in [-0.2, -0.15) is 0 Å². The summed E-state index contributed by atoms with van der Waals surface area (Å²) >= 11 is 0. The van der Waals surface area contributed by atoms with Crippen LogP contribution in [0.25, 0.3) is 0 Å². The van der Waals surface area contributed by atoms with Gasteiger partial charge >= 0.3 is 0 Å². The smallest absolute Gasteiger partial charge is 0.0476 e. The first-order valence-corrected chi connectivity index (χ1v) is 4.86. The number of anilines is 2. The van der Waals surface area contributed by atoms with E-state index in [1.54, 1.807) is 0 Å². The Hall–Kier alpha value is -1.22. The van der Waals surface area contributed by atoms with Crippen LogP contribution in [0.1, 0.15) is 13.8 Å². The number of nitrogens with one attached hydrogen (secondary N) is 1. The molecule has 0 amide bonds. The fourth-order valence-corrected chi connectivity index (χ4v) is 1.19. The fourth-order valence-electron chi connectivity index (χ4n) is 1.19. The summed E-state index contributed by atoms with van der Waals surface area (Å²) in [6.07, 6.45) is 0. The van der Waals surface area contributed by atoms with Crippen LogP contribution in [-0.2, 0) is 0 Å². The molecule has 1 rings (SSSR count). The minimum atomic E-state index is 0.191. The van der Waals surface area contributed by atoms with Crippen molar-refractivity contribution in [3.63, 3.8) is 0 Å². The number of aliphatic hydroxyl groups is 1. The van der Waals surface area contributed by atoms with Gasteiger partial charge in [-0.1, -0.05) is 13.0 Å². The second-order valence-electron chi connectivity index (χ2n) is 3.72. The maximum absolute atomic E-state index is 8.97. The first kappa shape index (κ1) is 10.9. The van der Waals surface area contributed by atoms with Gasteiger partial charge in [-0.3, -0.25) is 0 Å². The van der Waals surface area contributed by atoms with E-state index in [4.69, 9.17) is 10.8 Å². The highest BCUT2D eigenvalue weighted by atomic mass is 16.3. The van der Waals surface area contributed by atoms with Crippen molar-refractivity contribution >= 4 is 11.4 Å². The molecule has 0 saturated carbocycles. The SMILES string of the molecule is CC(CO)C(C)Nc1cccc(N)c1. The molecule has 0 heterocycles. The number of nitrogens with two attached hydrogens (primary N) is 1. The van der Waals surface area contributed by atoms with Gasteiger partial charge in [0.15, 0.2) is 0 Å². The summed E-state index contributed by atoms with van der Waals surface area (Å²) in [4.78, 5) is 0. The molecule has 0 spiro atoms. The molecular formula is C11H18N2O. The van der Waals surface area contributed by atoms with Crippen LogP contribution in [0.15, 0.2) is 24.3 Å². The van der Waals surface area contributed by atoms with Crippen molar-refractivity contribution in [2.24, 2.45) is 5.92 Å². The molecule has 14 heavy (non-hydrogen) atoms. The quantitative estimate of drug-likeness (QED) is 0.639. The Bertz CT molecular complexity index is 288. The highest BCUT2D eigenvalue weighted by Gasteiger charge is 2.10. The van der Waals surface area contributed by atoms with E-state index >= 15 is 0 Å². The van der Waals surface area contributed by atoms with Crippen molar-refractivity contribution < 1.29 is 5.11 Å². The van der Waals surface area contributed by atoms with Crippen molar-refractivity contribution in [2.75, 3.05) is 17.7 Å². The Morgan fingerprint density at radius 2 is 2.14 bits per heavy atom. The van der Waals surface area contributed by atoms with Crippen molar-refractivity contribution in [3.8, 4) is 0 Å². The molecular weight excluding hydrogens is 176 g/mol. The molecule has 4 N–H and O–H groups in total. The largest absolute Gasteiger partial charge is 0.399 e. The summed E-state index contributed by atoms with van der Waals surface area (Å²) in [5.41, 5.74) is 7.40.